The maximum Gasteiger partial charge on any atom is 0.167 e. The normalized spacial score (nSPS) is 23.7. The lowest BCUT2D eigenvalue weighted by atomic mass is 9.79. The lowest BCUT2D eigenvalue weighted by Crippen LogP contribution is -2.38. The zero-order valence-corrected chi connectivity index (χ0v) is 11.1. The maximum absolute atomic E-state index is 12.5. The van der Waals surface area contributed by atoms with Crippen molar-refractivity contribution in [2.24, 2.45) is 11.7 Å². The summed E-state index contributed by atoms with van der Waals surface area (Å²) >= 11 is 0. The van der Waals surface area contributed by atoms with Crippen LogP contribution in [-0.4, -0.2) is 18.9 Å². The number of methoxy groups -OCH3 is 1. The van der Waals surface area contributed by atoms with Gasteiger partial charge in [-0.1, -0.05) is 12.8 Å². The van der Waals surface area contributed by atoms with Crippen LogP contribution in [0.2, 0.25) is 0 Å². The van der Waals surface area contributed by atoms with Gasteiger partial charge in [-0.05, 0) is 43.5 Å². The van der Waals surface area contributed by atoms with Crippen LogP contribution in [0.5, 0.6) is 5.75 Å². The van der Waals surface area contributed by atoms with Crippen LogP contribution in [0.25, 0.3) is 0 Å². The largest absolute Gasteiger partial charge is 0.497 e. The van der Waals surface area contributed by atoms with E-state index in [2.05, 4.69) is 0 Å². The predicted octanol–water partition coefficient (Wildman–Crippen LogP) is 2.70. The smallest absolute Gasteiger partial charge is 0.167 e. The number of hydrogen-bond acceptors (Lipinski definition) is 3. The van der Waals surface area contributed by atoms with Crippen molar-refractivity contribution >= 4 is 5.78 Å². The molecule has 1 aliphatic carbocycles. The van der Waals surface area contributed by atoms with Crippen molar-refractivity contribution in [1.82, 2.24) is 0 Å². The van der Waals surface area contributed by atoms with Gasteiger partial charge in [0, 0.05) is 17.5 Å². The molecule has 0 radical (unpaired) electrons. The van der Waals surface area contributed by atoms with Crippen molar-refractivity contribution in [2.45, 2.75) is 38.6 Å². The van der Waals surface area contributed by atoms with E-state index < -0.39 is 0 Å². The minimum Gasteiger partial charge on any atom is -0.497 e. The fourth-order valence-corrected chi connectivity index (χ4v) is 2.72. The molecule has 1 saturated carbocycles. The number of carbonyl (C=O) groups excluding carboxylic acids is 1. The second-order valence-corrected chi connectivity index (χ2v) is 5.10. The number of carbonyl (C=O) groups is 1. The third kappa shape index (κ3) is 2.56. The molecule has 1 aromatic rings. The quantitative estimate of drug-likeness (QED) is 0.835. The Morgan fingerprint density at radius 1 is 1.33 bits per heavy atom. The van der Waals surface area contributed by atoms with Crippen molar-refractivity contribution < 1.29 is 9.53 Å². The molecule has 98 valence electrons. The number of Topliss-reactive ketones (excluding diaryl/α,β-unsaturated/α-hetero) is 1. The van der Waals surface area contributed by atoms with Crippen LogP contribution in [-0.2, 0) is 0 Å². The number of ether oxygens (including phenoxy) is 1. The summed E-state index contributed by atoms with van der Waals surface area (Å²) < 4.78 is 5.16. The van der Waals surface area contributed by atoms with Gasteiger partial charge in [0.25, 0.3) is 0 Å². The summed E-state index contributed by atoms with van der Waals surface area (Å²) in [5.74, 6) is 0.977. The Hall–Kier alpha value is -1.35. The molecule has 0 amide bonds. The van der Waals surface area contributed by atoms with Crippen molar-refractivity contribution in [1.29, 1.82) is 0 Å². The molecule has 3 nitrogen and oxygen atoms in total. The van der Waals surface area contributed by atoms with E-state index in [0.29, 0.717) is 0 Å². The Kier molecular flexibility index (Phi) is 4.02. The summed E-state index contributed by atoms with van der Waals surface area (Å²) in [4.78, 5) is 12.5. The van der Waals surface area contributed by atoms with Crippen LogP contribution in [0, 0.1) is 12.8 Å². The van der Waals surface area contributed by atoms with Crippen molar-refractivity contribution in [3.63, 3.8) is 0 Å². The van der Waals surface area contributed by atoms with Gasteiger partial charge in [-0.2, -0.15) is 0 Å². The minimum absolute atomic E-state index is 0.00848. The Balaban J connectivity index is 2.22. The van der Waals surface area contributed by atoms with E-state index in [4.69, 9.17) is 10.5 Å². The summed E-state index contributed by atoms with van der Waals surface area (Å²) in [5.41, 5.74) is 7.84. The van der Waals surface area contributed by atoms with E-state index in [1.165, 1.54) is 0 Å². The summed E-state index contributed by atoms with van der Waals surface area (Å²) in [7, 11) is 1.63. The second kappa shape index (κ2) is 5.53. The van der Waals surface area contributed by atoms with Crippen LogP contribution < -0.4 is 10.5 Å². The van der Waals surface area contributed by atoms with E-state index >= 15 is 0 Å². The fraction of sp³-hybridized carbons (Fsp3) is 0.533. The first-order chi connectivity index (χ1) is 8.63. The first-order valence-corrected chi connectivity index (χ1v) is 6.58. The second-order valence-electron chi connectivity index (χ2n) is 5.10. The Morgan fingerprint density at radius 3 is 2.67 bits per heavy atom. The van der Waals surface area contributed by atoms with Gasteiger partial charge in [-0.15, -0.1) is 0 Å². The highest BCUT2D eigenvalue weighted by Crippen LogP contribution is 2.28. The number of aryl methyl sites for hydroxylation is 1. The first kappa shape index (κ1) is 13.1. The zero-order chi connectivity index (χ0) is 13.1. The van der Waals surface area contributed by atoms with Gasteiger partial charge in [0.2, 0.25) is 0 Å². The van der Waals surface area contributed by atoms with E-state index in [9.17, 15) is 4.79 Å². The van der Waals surface area contributed by atoms with Crippen molar-refractivity contribution in [3.8, 4) is 5.75 Å². The van der Waals surface area contributed by atoms with Gasteiger partial charge in [0.05, 0.1) is 7.11 Å². The molecule has 2 unspecified atom stereocenters. The monoisotopic (exact) mass is 247 g/mol. The molecular weight excluding hydrogens is 226 g/mol. The van der Waals surface area contributed by atoms with Gasteiger partial charge in [-0.25, -0.2) is 0 Å². The van der Waals surface area contributed by atoms with E-state index in [0.717, 1.165) is 42.6 Å². The summed E-state index contributed by atoms with van der Waals surface area (Å²) in [5, 5.41) is 0. The molecule has 1 aliphatic rings. The summed E-state index contributed by atoms with van der Waals surface area (Å²) in [6.45, 7) is 1.95. The highest BCUT2D eigenvalue weighted by atomic mass is 16.5. The highest BCUT2D eigenvalue weighted by Gasteiger charge is 2.29. The number of nitrogens with two attached hydrogens (primary N) is 1. The predicted molar refractivity (Wildman–Crippen MR) is 72.0 cm³/mol. The van der Waals surface area contributed by atoms with Crippen LogP contribution in [0.3, 0.4) is 0 Å². The highest BCUT2D eigenvalue weighted by molar-refractivity contribution is 5.99. The van der Waals surface area contributed by atoms with Crippen molar-refractivity contribution in [3.05, 3.63) is 29.3 Å². The van der Waals surface area contributed by atoms with E-state index in [1.54, 1.807) is 7.11 Å². The van der Waals surface area contributed by atoms with Gasteiger partial charge >= 0.3 is 0 Å². The van der Waals surface area contributed by atoms with E-state index in [1.807, 2.05) is 25.1 Å². The zero-order valence-electron chi connectivity index (χ0n) is 11.1. The van der Waals surface area contributed by atoms with Gasteiger partial charge < -0.3 is 10.5 Å². The molecule has 0 aromatic heterocycles. The molecule has 1 fully saturated rings. The summed E-state index contributed by atoms with van der Waals surface area (Å²) in [6, 6.07) is 5.63. The lowest BCUT2D eigenvalue weighted by Gasteiger charge is -2.27. The van der Waals surface area contributed by atoms with Crippen LogP contribution in [0.4, 0.5) is 0 Å². The Morgan fingerprint density at radius 2 is 2.06 bits per heavy atom. The van der Waals surface area contributed by atoms with Crippen molar-refractivity contribution in [2.75, 3.05) is 7.11 Å². The summed E-state index contributed by atoms with van der Waals surface area (Å²) in [6.07, 6.45) is 4.14. The van der Waals surface area contributed by atoms with Gasteiger partial charge in [0.15, 0.2) is 5.78 Å². The van der Waals surface area contributed by atoms with Crippen LogP contribution in [0.1, 0.15) is 41.6 Å². The Labute approximate surface area is 108 Å². The molecule has 2 rings (SSSR count). The molecule has 0 saturated heterocycles. The number of rotatable bonds is 3. The number of benzene rings is 1. The van der Waals surface area contributed by atoms with E-state index in [-0.39, 0.29) is 17.7 Å². The van der Waals surface area contributed by atoms with Gasteiger partial charge in [-0.3, -0.25) is 4.79 Å². The topological polar surface area (TPSA) is 52.3 Å². The first-order valence-electron chi connectivity index (χ1n) is 6.58. The SMILES string of the molecule is COc1ccc(C(=O)C2CCCCC2N)c(C)c1. The molecule has 0 bridgehead atoms. The maximum atomic E-state index is 12.5. The molecule has 1 aromatic carbocycles. The molecule has 3 heteroatoms. The number of ketones is 1. The molecule has 2 N–H and O–H groups in total. The third-order valence-electron chi connectivity index (χ3n) is 3.86. The average molecular weight is 247 g/mol. The molecule has 0 aliphatic heterocycles. The number of hydrogen-bond donors (Lipinski definition) is 1. The standard InChI is InChI=1S/C15H21NO2/c1-10-9-11(18-2)7-8-12(10)15(17)13-5-3-4-6-14(13)16/h7-9,13-14H,3-6,16H2,1-2H3. The minimum atomic E-state index is -0.00848. The van der Waals surface area contributed by atoms with Crippen LogP contribution in [0.15, 0.2) is 18.2 Å². The van der Waals surface area contributed by atoms with Crippen LogP contribution >= 0.6 is 0 Å². The molecule has 18 heavy (non-hydrogen) atoms. The Bertz CT molecular complexity index is 442. The van der Waals surface area contributed by atoms with Gasteiger partial charge in [0.1, 0.15) is 5.75 Å². The molecule has 0 heterocycles. The third-order valence-corrected chi connectivity index (χ3v) is 3.86. The lowest BCUT2D eigenvalue weighted by molar-refractivity contribution is 0.0870. The molecular formula is C15H21NO2. The average Bonchev–Trinajstić information content (AvgIpc) is 2.38. The molecule has 0 spiro atoms. The molecule has 2 atom stereocenters. The fourth-order valence-electron chi connectivity index (χ4n) is 2.72.